The van der Waals surface area contributed by atoms with Gasteiger partial charge in [0.05, 0.1) is 13.0 Å². The lowest BCUT2D eigenvalue weighted by Crippen LogP contribution is -2.21. The number of Topliss-reactive ketones (excluding diaryl/α,β-unsaturated/α-hetero) is 1. The van der Waals surface area contributed by atoms with Crippen molar-refractivity contribution in [3.8, 4) is 11.1 Å². The van der Waals surface area contributed by atoms with Crippen LogP contribution >= 0.6 is 24.0 Å². The molecule has 0 bridgehead atoms. The fourth-order valence-corrected chi connectivity index (χ4v) is 2.60. The first-order valence-electron chi connectivity index (χ1n) is 6.89. The van der Waals surface area contributed by atoms with Crippen LogP contribution in [0.3, 0.4) is 0 Å². The molecule has 0 saturated heterocycles. The van der Waals surface area contributed by atoms with Gasteiger partial charge >= 0.3 is 0 Å². The minimum Gasteiger partial charge on any atom is -0.372 e. The van der Waals surface area contributed by atoms with Crippen molar-refractivity contribution in [3.05, 3.63) is 59.1 Å². The van der Waals surface area contributed by atoms with Crippen molar-refractivity contribution in [1.82, 2.24) is 5.32 Å². The molecule has 0 spiro atoms. The number of hydrogen-bond acceptors (Lipinski definition) is 3. The van der Waals surface area contributed by atoms with Gasteiger partial charge in [-0.3, -0.25) is 9.79 Å². The second-order valence-electron chi connectivity index (χ2n) is 4.91. The van der Waals surface area contributed by atoms with Crippen molar-refractivity contribution < 1.29 is 4.79 Å². The fraction of sp³-hybridized carbons (Fsp3) is 0.176. The van der Waals surface area contributed by atoms with E-state index in [1.54, 1.807) is 12.1 Å². The summed E-state index contributed by atoms with van der Waals surface area (Å²) in [7, 11) is 0. The van der Waals surface area contributed by atoms with Crippen LogP contribution in [0.2, 0.25) is 5.02 Å². The lowest BCUT2D eigenvalue weighted by molar-refractivity contribution is 0.100. The molecule has 0 aromatic heterocycles. The highest BCUT2D eigenvalue weighted by Crippen LogP contribution is 2.28. The molecule has 2 aromatic carbocycles. The zero-order valence-corrected chi connectivity index (χ0v) is 13.5. The fourth-order valence-electron chi connectivity index (χ4n) is 2.43. The van der Waals surface area contributed by atoms with Crippen LogP contribution in [-0.4, -0.2) is 24.7 Å². The number of carbonyl (C=O) groups excluding carboxylic acids is 1. The maximum atomic E-state index is 12.5. The molecule has 1 heterocycles. The second kappa shape index (κ2) is 7.43. The molecule has 22 heavy (non-hydrogen) atoms. The van der Waals surface area contributed by atoms with E-state index in [1.165, 1.54) is 0 Å². The molecule has 2 aromatic rings. The third kappa shape index (κ3) is 3.67. The molecule has 3 nitrogen and oxygen atoms in total. The minimum atomic E-state index is 0. The first kappa shape index (κ1) is 16.5. The van der Waals surface area contributed by atoms with Gasteiger partial charge in [-0.05, 0) is 29.3 Å². The van der Waals surface area contributed by atoms with E-state index in [9.17, 15) is 4.79 Å². The van der Waals surface area contributed by atoms with Gasteiger partial charge in [0.25, 0.3) is 0 Å². The number of carbonyl (C=O) groups is 1. The van der Waals surface area contributed by atoms with Gasteiger partial charge in [-0.2, -0.15) is 0 Å². The number of hydrogen-bond donors (Lipinski definition) is 1. The summed E-state index contributed by atoms with van der Waals surface area (Å²) >= 11 is 6.09. The summed E-state index contributed by atoms with van der Waals surface area (Å²) in [4.78, 5) is 16.8. The van der Waals surface area contributed by atoms with Crippen LogP contribution in [0.5, 0.6) is 0 Å². The van der Waals surface area contributed by atoms with E-state index in [4.69, 9.17) is 11.6 Å². The Bertz CT molecular complexity index is 699. The standard InChI is InChI=1S/C17H15ClN2O.ClH/c18-13-6-7-14(16(21)11-17-19-8-9-20-17)15(10-13)12-4-2-1-3-5-12;/h1-7,10H,8-9,11H2,(H,19,20);1H. The highest BCUT2D eigenvalue weighted by molar-refractivity contribution is 6.31. The van der Waals surface area contributed by atoms with Crippen molar-refractivity contribution in [3.63, 3.8) is 0 Å². The van der Waals surface area contributed by atoms with Crippen molar-refractivity contribution in [2.24, 2.45) is 4.99 Å². The number of amidine groups is 1. The number of nitrogens with zero attached hydrogens (tertiary/aromatic N) is 1. The molecule has 0 fully saturated rings. The number of ketones is 1. The smallest absolute Gasteiger partial charge is 0.170 e. The van der Waals surface area contributed by atoms with Gasteiger partial charge in [0.15, 0.2) is 5.78 Å². The summed E-state index contributed by atoms with van der Waals surface area (Å²) in [5.41, 5.74) is 2.54. The SMILES string of the molecule is Cl.O=C(CC1=NCCN1)c1ccc(Cl)cc1-c1ccccc1. The summed E-state index contributed by atoms with van der Waals surface area (Å²) in [6, 6.07) is 15.2. The summed E-state index contributed by atoms with van der Waals surface area (Å²) in [6.07, 6.45) is 0.307. The van der Waals surface area contributed by atoms with Crippen molar-refractivity contribution >= 4 is 35.6 Å². The molecular formula is C17H16Cl2N2O. The summed E-state index contributed by atoms with van der Waals surface area (Å²) in [5, 5.41) is 3.76. The molecule has 0 amide bonds. The molecular weight excluding hydrogens is 319 g/mol. The van der Waals surface area contributed by atoms with Crippen LogP contribution in [-0.2, 0) is 0 Å². The molecule has 5 heteroatoms. The quantitative estimate of drug-likeness (QED) is 0.858. The average molecular weight is 335 g/mol. The highest BCUT2D eigenvalue weighted by atomic mass is 35.5. The molecule has 0 aliphatic carbocycles. The Hall–Kier alpha value is -1.84. The van der Waals surface area contributed by atoms with E-state index in [1.807, 2.05) is 36.4 Å². The molecule has 0 radical (unpaired) electrons. The van der Waals surface area contributed by atoms with Gasteiger partial charge in [0.2, 0.25) is 0 Å². The van der Waals surface area contributed by atoms with Gasteiger partial charge in [0, 0.05) is 17.1 Å². The van der Waals surface area contributed by atoms with E-state index >= 15 is 0 Å². The number of rotatable bonds is 4. The highest BCUT2D eigenvalue weighted by Gasteiger charge is 2.17. The van der Waals surface area contributed by atoms with Gasteiger partial charge < -0.3 is 5.32 Å². The van der Waals surface area contributed by atoms with Crippen molar-refractivity contribution in [1.29, 1.82) is 0 Å². The Morgan fingerprint density at radius 1 is 1.18 bits per heavy atom. The van der Waals surface area contributed by atoms with E-state index in [0.29, 0.717) is 17.0 Å². The Morgan fingerprint density at radius 2 is 1.95 bits per heavy atom. The Balaban J connectivity index is 0.00000176. The van der Waals surface area contributed by atoms with Gasteiger partial charge in [-0.1, -0.05) is 41.9 Å². The molecule has 1 aliphatic rings. The van der Waals surface area contributed by atoms with Crippen LogP contribution in [0.25, 0.3) is 11.1 Å². The summed E-state index contributed by atoms with van der Waals surface area (Å²) in [6.45, 7) is 1.56. The molecule has 3 rings (SSSR count). The second-order valence-corrected chi connectivity index (χ2v) is 5.35. The number of aliphatic imine (C=N–C) groups is 1. The van der Waals surface area contributed by atoms with Crippen molar-refractivity contribution in [2.45, 2.75) is 6.42 Å². The number of benzene rings is 2. The monoisotopic (exact) mass is 334 g/mol. The molecule has 0 unspecified atom stereocenters. The van der Waals surface area contributed by atoms with E-state index < -0.39 is 0 Å². The predicted molar refractivity (Wildman–Crippen MR) is 93.4 cm³/mol. The number of halogens is 2. The van der Waals surface area contributed by atoms with Crippen LogP contribution in [0.15, 0.2) is 53.5 Å². The Labute approximate surface area is 140 Å². The minimum absolute atomic E-state index is 0. The molecule has 1 aliphatic heterocycles. The van der Waals surface area contributed by atoms with Gasteiger partial charge in [0.1, 0.15) is 5.84 Å². The maximum absolute atomic E-state index is 12.5. The zero-order valence-electron chi connectivity index (χ0n) is 11.9. The van der Waals surface area contributed by atoms with Crippen LogP contribution < -0.4 is 5.32 Å². The Kier molecular flexibility index (Phi) is 5.58. The van der Waals surface area contributed by atoms with E-state index in [2.05, 4.69) is 10.3 Å². The third-order valence-corrected chi connectivity index (χ3v) is 3.67. The van der Waals surface area contributed by atoms with Crippen molar-refractivity contribution in [2.75, 3.05) is 13.1 Å². The third-order valence-electron chi connectivity index (χ3n) is 3.44. The average Bonchev–Trinajstić information content (AvgIpc) is 3.01. The molecule has 0 saturated carbocycles. The maximum Gasteiger partial charge on any atom is 0.170 e. The first-order chi connectivity index (χ1) is 10.2. The topological polar surface area (TPSA) is 41.5 Å². The van der Waals surface area contributed by atoms with Crippen LogP contribution in [0.4, 0.5) is 0 Å². The van der Waals surface area contributed by atoms with E-state index in [-0.39, 0.29) is 18.2 Å². The summed E-state index contributed by atoms with van der Waals surface area (Å²) in [5.74, 6) is 0.827. The lowest BCUT2D eigenvalue weighted by Gasteiger charge is -2.10. The lowest BCUT2D eigenvalue weighted by atomic mass is 9.95. The molecule has 1 N–H and O–H groups in total. The van der Waals surface area contributed by atoms with Gasteiger partial charge in [-0.15, -0.1) is 12.4 Å². The van der Waals surface area contributed by atoms with Crippen LogP contribution in [0.1, 0.15) is 16.8 Å². The Morgan fingerprint density at radius 3 is 2.64 bits per heavy atom. The molecule has 114 valence electrons. The zero-order chi connectivity index (χ0) is 14.7. The van der Waals surface area contributed by atoms with Crippen LogP contribution in [0, 0.1) is 0 Å². The first-order valence-corrected chi connectivity index (χ1v) is 7.27. The van der Waals surface area contributed by atoms with E-state index in [0.717, 1.165) is 30.1 Å². The largest absolute Gasteiger partial charge is 0.372 e. The van der Waals surface area contributed by atoms with Gasteiger partial charge in [-0.25, -0.2) is 0 Å². The normalized spacial score (nSPS) is 13.0. The summed E-state index contributed by atoms with van der Waals surface area (Å²) < 4.78 is 0. The molecule has 0 atom stereocenters. The number of nitrogens with one attached hydrogen (secondary N) is 1. The predicted octanol–water partition coefficient (Wildman–Crippen LogP) is 4.00.